The summed E-state index contributed by atoms with van der Waals surface area (Å²) in [5.41, 5.74) is 0.811. The summed E-state index contributed by atoms with van der Waals surface area (Å²) in [5, 5.41) is 3.57. The van der Waals surface area contributed by atoms with Crippen molar-refractivity contribution in [1.29, 1.82) is 0 Å². The van der Waals surface area contributed by atoms with Crippen molar-refractivity contribution in [2.45, 2.75) is 44.3 Å². The van der Waals surface area contributed by atoms with Crippen LogP contribution in [0.3, 0.4) is 0 Å². The number of hydrogen-bond acceptors (Lipinski definition) is 3. The molecule has 1 unspecified atom stereocenters. The number of amides is 1. The first-order chi connectivity index (χ1) is 9.66. The number of nitrogens with zero attached hydrogens (tertiary/aromatic N) is 1. The third-order valence-electron chi connectivity index (χ3n) is 4.49. The summed E-state index contributed by atoms with van der Waals surface area (Å²) in [4.78, 5) is 14.4. The molecular formula is C16H22N2O2. The maximum atomic E-state index is 12.5. The molecule has 2 aliphatic rings. The van der Waals surface area contributed by atoms with E-state index in [9.17, 15) is 4.79 Å². The maximum Gasteiger partial charge on any atom is 0.244 e. The molecule has 1 aliphatic heterocycles. The summed E-state index contributed by atoms with van der Waals surface area (Å²) in [6.07, 6.45) is 4.19. The van der Waals surface area contributed by atoms with Gasteiger partial charge in [-0.05, 0) is 37.5 Å². The Balaban J connectivity index is 1.82. The van der Waals surface area contributed by atoms with Gasteiger partial charge in [-0.2, -0.15) is 0 Å². The van der Waals surface area contributed by atoms with Crippen LogP contribution in [0, 0.1) is 0 Å². The summed E-state index contributed by atoms with van der Waals surface area (Å²) in [6, 6.07) is 8.03. The molecule has 1 aromatic rings. The van der Waals surface area contributed by atoms with Crippen molar-refractivity contribution in [2.75, 3.05) is 13.7 Å². The van der Waals surface area contributed by atoms with Crippen LogP contribution in [0.2, 0.25) is 0 Å². The number of likely N-dealkylation sites (N-methyl/N-ethyl adjacent to an activating group) is 1. The number of carbonyl (C=O) groups excluding carboxylic acids is 1. The molecule has 0 bridgehead atoms. The van der Waals surface area contributed by atoms with E-state index in [2.05, 4.69) is 5.32 Å². The molecule has 1 saturated heterocycles. The van der Waals surface area contributed by atoms with E-state index in [4.69, 9.17) is 4.74 Å². The average Bonchev–Trinajstić information content (AvgIpc) is 3.03. The Morgan fingerprint density at radius 1 is 1.30 bits per heavy atom. The zero-order chi connectivity index (χ0) is 14.2. The molecule has 1 N–H and O–H groups in total. The van der Waals surface area contributed by atoms with Gasteiger partial charge in [0.2, 0.25) is 5.91 Å². The maximum absolute atomic E-state index is 12.5. The molecule has 4 heteroatoms. The van der Waals surface area contributed by atoms with Crippen molar-refractivity contribution in [3.05, 3.63) is 29.8 Å². The van der Waals surface area contributed by atoms with Crippen LogP contribution in [-0.4, -0.2) is 30.0 Å². The van der Waals surface area contributed by atoms with E-state index < -0.39 is 0 Å². The minimum Gasteiger partial charge on any atom is -0.494 e. The number of hydrogen-bond donors (Lipinski definition) is 1. The van der Waals surface area contributed by atoms with Gasteiger partial charge in [-0.1, -0.05) is 25.0 Å². The van der Waals surface area contributed by atoms with Crippen molar-refractivity contribution in [3.8, 4) is 5.75 Å². The second-order valence-corrected chi connectivity index (χ2v) is 5.75. The SMILES string of the molecule is CCOc1ccc(C2NC3(CCCC3)C(=O)N2C)cc1. The van der Waals surface area contributed by atoms with Crippen molar-refractivity contribution in [2.24, 2.45) is 0 Å². The van der Waals surface area contributed by atoms with Gasteiger partial charge < -0.3 is 9.64 Å². The van der Waals surface area contributed by atoms with Gasteiger partial charge in [-0.25, -0.2) is 0 Å². The Morgan fingerprint density at radius 2 is 1.95 bits per heavy atom. The third kappa shape index (κ3) is 2.08. The van der Waals surface area contributed by atoms with Gasteiger partial charge in [0, 0.05) is 7.05 Å². The van der Waals surface area contributed by atoms with Crippen LogP contribution in [0.4, 0.5) is 0 Å². The first-order valence-corrected chi connectivity index (χ1v) is 7.44. The standard InChI is InChI=1S/C16H22N2O2/c1-3-20-13-8-6-12(7-9-13)14-17-16(10-4-5-11-16)15(19)18(14)2/h6-9,14,17H,3-5,10-11H2,1-2H3. The smallest absolute Gasteiger partial charge is 0.244 e. The highest BCUT2D eigenvalue weighted by Gasteiger charge is 2.51. The molecule has 1 saturated carbocycles. The molecule has 20 heavy (non-hydrogen) atoms. The van der Waals surface area contributed by atoms with E-state index in [1.165, 1.54) is 0 Å². The highest BCUT2D eigenvalue weighted by molar-refractivity contribution is 5.89. The molecular weight excluding hydrogens is 252 g/mol. The topological polar surface area (TPSA) is 41.6 Å². The van der Waals surface area contributed by atoms with Crippen LogP contribution >= 0.6 is 0 Å². The molecule has 1 heterocycles. The van der Waals surface area contributed by atoms with Crippen LogP contribution in [0.15, 0.2) is 24.3 Å². The van der Waals surface area contributed by atoms with Gasteiger partial charge in [0.1, 0.15) is 11.9 Å². The number of nitrogens with one attached hydrogen (secondary N) is 1. The van der Waals surface area contributed by atoms with Crippen LogP contribution in [0.1, 0.15) is 44.3 Å². The fourth-order valence-corrected chi connectivity index (χ4v) is 3.43. The van der Waals surface area contributed by atoms with E-state index in [-0.39, 0.29) is 17.6 Å². The molecule has 2 fully saturated rings. The lowest BCUT2D eigenvalue weighted by atomic mass is 9.98. The molecule has 3 rings (SSSR count). The first-order valence-electron chi connectivity index (χ1n) is 7.44. The Morgan fingerprint density at radius 3 is 2.55 bits per heavy atom. The molecule has 1 aliphatic carbocycles. The molecule has 1 amide bonds. The summed E-state index contributed by atoms with van der Waals surface area (Å²) >= 11 is 0. The van der Waals surface area contributed by atoms with Crippen LogP contribution < -0.4 is 10.1 Å². The zero-order valence-corrected chi connectivity index (χ0v) is 12.2. The molecule has 0 aromatic heterocycles. The minimum absolute atomic E-state index is 0.0173. The normalized spacial score (nSPS) is 24.6. The predicted octanol–water partition coefficient (Wildman–Crippen LogP) is 2.46. The Bertz CT molecular complexity index is 492. The van der Waals surface area contributed by atoms with Crippen molar-refractivity contribution >= 4 is 5.91 Å². The summed E-state index contributed by atoms with van der Waals surface area (Å²) in [5.74, 6) is 1.12. The predicted molar refractivity (Wildman–Crippen MR) is 77.5 cm³/mol. The zero-order valence-electron chi connectivity index (χ0n) is 12.2. The van der Waals surface area contributed by atoms with E-state index in [1.807, 2.05) is 43.1 Å². The quantitative estimate of drug-likeness (QED) is 0.920. The highest BCUT2D eigenvalue weighted by Crippen LogP contribution is 2.40. The molecule has 1 atom stereocenters. The lowest BCUT2D eigenvalue weighted by Gasteiger charge is -2.21. The van der Waals surface area contributed by atoms with Gasteiger partial charge in [-0.15, -0.1) is 0 Å². The number of carbonyl (C=O) groups is 1. The number of rotatable bonds is 3. The molecule has 4 nitrogen and oxygen atoms in total. The largest absolute Gasteiger partial charge is 0.494 e. The van der Waals surface area contributed by atoms with E-state index in [1.54, 1.807) is 0 Å². The van der Waals surface area contributed by atoms with Gasteiger partial charge >= 0.3 is 0 Å². The van der Waals surface area contributed by atoms with Crippen LogP contribution in [0.25, 0.3) is 0 Å². The molecule has 0 radical (unpaired) electrons. The monoisotopic (exact) mass is 274 g/mol. The molecule has 1 aromatic carbocycles. The highest BCUT2D eigenvalue weighted by atomic mass is 16.5. The second kappa shape index (κ2) is 5.09. The lowest BCUT2D eigenvalue weighted by molar-refractivity contribution is -0.132. The Kier molecular flexibility index (Phi) is 3.42. The van der Waals surface area contributed by atoms with Crippen molar-refractivity contribution < 1.29 is 9.53 Å². The van der Waals surface area contributed by atoms with E-state index in [0.717, 1.165) is 37.0 Å². The summed E-state index contributed by atoms with van der Waals surface area (Å²) in [7, 11) is 1.89. The molecule has 1 spiro atoms. The fourth-order valence-electron chi connectivity index (χ4n) is 3.43. The van der Waals surface area contributed by atoms with Crippen LogP contribution in [-0.2, 0) is 4.79 Å². The van der Waals surface area contributed by atoms with Gasteiger partial charge in [-0.3, -0.25) is 10.1 Å². The lowest BCUT2D eigenvalue weighted by Crippen LogP contribution is -2.43. The number of ether oxygens (including phenoxy) is 1. The Hall–Kier alpha value is -1.55. The van der Waals surface area contributed by atoms with Gasteiger partial charge in [0.05, 0.1) is 12.1 Å². The Labute approximate surface area is 120 Å². The fraction of sp³-hybridized carbons (Fsp3) is 0.562. The average molecular weight is 274 g/mol. The minimum atomic E-state index is -0.308. The number of benzene rings is 1. The first kappa shape index (κ1) is 13.4. The van der Waals surface area contributed by atoms with Gasteiger partial charge in [0.25, 0.3) is 0 Å². The van der Waals surface area contributed by atoms with Crippen molar-refractivity contribution in [3.63, 3.8) is 0 Å². The summed E-state index contributed by atoms with van der Waals surface area (Å²) in [6.45, 7) is 2.64. The second-order valence-electron chi connectivity index (χ2n) is 5.75. The van der Waals surface area contributed by atoms with Crippen molar-refractivity contribution in [1.82, 2.24) is 10.2 Å². The van der Waals surface area contributed by atoms with Crippen LogP contribution in [0.5, 0.6) is 5.75 Å². The van der Waals surface area contributed by atoms with Gasteiger partial charge in [0.15, 0.2) is 0 Å². The third-order valence-corrected chi connectivity index (χ3v) is 4.49. The molecule has 108 valence electrons. The van der Waals surface area contributed by atoms with E-state index in [0.29, 0.717) is 6.61 Å². The summed E-state index contributed by atoms with van der Waals surface area (Å²) < 4.78 is 5.46. The van der Waals surface area contributed by atoms with E-state index >= 15 is 0 Å².